The Kier molecular flexibility index (Phi) is 4.26. The minimum absolute atomic E-state index is 0.137. The number of carbonyl (C=O) groups is 1. The van der Waals surface area contributed by atoms with Crippen LogP contribution in [-0.2, 0) is 0 Å². The fourth-order valence-electron chi connectivity index (χ4n) is 2.74. The molecule has 21 heavy (non-hydrogen) atoms. The molecular formula is C17H21N3O. The highest BCUT2D eigenvalue weighted by Crippen LogP contribution is 2.25. The molecule has 0 aliphatic rings. The zero-order valence-electron chi connectivity index (χ0n) is 12.9. The van der Waals surface area contributed by atoms with Crippen LogP contribution in [0.2, 0.25) is 0 Å². The van der Waals surface area contributed by atoms with Gasteiger partial charge in [-0.1, -0.05) is 0 Å². The maximum Gasteiger partial charge on any atom is 0.248 e. The second kappa shape index (κ2) is 5.95. The zero-order valence-corrected chi connectivity index (χ0v) is 12.9. The molecule has 4 nitrogen and oxygen atoms in total. The molecule has 0 saturated carbocycles. The average molecular weight is 283 g/mol. The molecule has 1 aromatic heterocycles. The second-order valence-electron chi connectivity index (χ2n) is 5.39. The van der Waals surface area contributed by atoms with Crippen molar-refractivity contribution < 1.29 is 4.79 Å². The Morgan fingerprint density at radius 1 is 1.19 bits per heavy atom. The summed E-state index contributed by atoms with van der Waals surface area (Å²) in [5, 5.41) is 3.43. The maximum atomic E-state index is 11.1. The van der Waals surface area contributed by atoms with Crippen molar-refractivity contribution in [3.05, 3.63) is 58.4 Å². The van der Waals surface area contributed by atoms with Crippen LogP contribution in [0.5, 0.6) is 0 Å². The first-order valence-corrected chi connectivity index (χ1v) is 6.99. The Labute approximate surface area is 125 Å². The van der Waals surface area contributed by atoms with Gasteiger partial charge in [-0.2, -0.15) is 0 Å². The lowest BCUT2D eigenvalue weighted by Crippen LogP contribution is -2.13. The van der Waals surface area contributed by atoms with E-state index < -0.39 is 5.91 Å². The number of rotatable bonds is 4. The van der Waals surface area contributed by atoms with Crippen LogP contribution >= 0.6 is 0 Å². The van der Waals surface area contributed by atoms with E-state index in [9.17, 15) is 4.79 Å². The van der Waals surface area contributed by atoms with Crippen molar-refractivity contribution in [1.82, 2.24) is 4.98 Å². The zero-order chi connectivity index (χ0) is 15.6. The maximum absolute atomic E-state index is 11.1. The van der Waals surface area contributed by atoms with Gasteiger partial charge >= 0.3 is 0 Å². The molecule has 0 aliphatic carbocycles. The number of hydrogen-bond donors (Lipinski definition) is 2. The Bertz CT molecular complexity index is 639. The smallest absolute Gasteiger partial charge is 0.248 e. The Balaban J connectivity index is 2.22. The van der Waals surface area contributed by atoms with E-state index in [1.54, 1.807) is 12.1 Å². The van der Waals surface area contributed by atoms with E-state index >= 15 is 0 Å². The summed E-state index contributed by atoms with van der Waals surface area (Å²) in [6, 6.07) is 9.41. The number of carbonyl (C=O) groups excluding carboxylic acids is 1. The molecule has 1 amide bonds. The summed E-state index contributed by atoms with van der Waals surface area (Å²) in [4.78, 5) is 15.6. The summed E-state index contributed by atoms with van der Waals surface area (Å²) >= 11 is 0. The van der Waals surface area contributed by atoms with Gasteiger partial charge in [0.25, 0.3) is 0 Å². The predicted octanol–water partition coefficient (Wildman–Crippen LogP) is 3.28. The molecule has 0 radical (unpaired) electrons. The van der Waals surface area contributed by atoms with Gasteiger partial charge in [0.1, 0.15) is 0 Å². The van der Waals surface area contributed by atoms with Gasteiger partial charge in [-0.05, 0) is 69.2 Å². The van der Waals surface area contributed by atoms with Crippen LogP contribution in [0, 0.1) is 20.8 Å². The molecule has 1 atom stereocenters. The second-order valence-corrected chi connectivity index (χ2v) is 5.39. The molecule has 0 fully saturated rings. The van der Waals surface area contributed by atoms with Crippen molar-refractivity contribution in [1.29, 1.82) is 0 Å². The third kappa shape index (κ3) is 3.40. The highest BCUT2D eigenvalue weighted by Gasteiger charge is 2.13. The van der Waals surface area contributed by atoms with E-state index in [4.69, 9.17) is 5.73 Å². The van der Waals surface area contributed by atoms with Crippen LogP contribution < -0.4 is 11.1 Å². The number of hydrogen-bond acceptors (Lipinski definition) is 3. The Morgan fingerprint density at radius 3 is 2.33 bits per heavy atom. The quantitative estimate of drug-likeness (QED) is 0.904. The first kappa shape index (κ1) is 15.0. The number of aryl methyl sites for hydroxylation is 3. The van der Waals surface area contributed by atoms with E-state index in [-0.39, 0.29) is 6.04 Å². The minimum Gasteiger partial charge on any atom is -0.378 e. The van der Waals surface area contributed by atoms with E-state index in [0.717, 1.165) is 17.1 Å². The first-order chi connectivity index (χ1) is 9.88. The van der Waals surface area contributed by atoms with Crippen molar-refractivity contribution >= 4 is 11.6 Å². The van der Waals surface area contributed by atoms with Crippen LogP contribution in [0.15, 0.2) is 30.3 Å². The van der Waals surface area contributed by atoms with Crippen LogP contribution in [0.4, 0.5) is 5.69 Å². The van der Waals surface area contributed by atoms with Crippen LogP contribution in [0.3, 0.4) is 0 Å². The normalized spacial score (nSPS) is 12.0. The number of primary amides is 1. The van der Waals surface area contributed by atoms with Crippen LogP contribution in [0.1, 0.15) is 45.8 Å². The average Bonchev–Trinajstić information content (AvgIpc) is 2.37. The van der Waals surface area contributed by atoms with Gasteiger partial charge in [-0.25, -0.2) is 0 Å². The molecule has 0 aliphatic heterocycles. The lowest BCUT2D eigenvalue weighted by molar-refractivity contribution is 0.100. The molecule has 4 heteroatoms. The van der Waals surface area contributed by atoms with Gasteiger partial charge in [0, 0.05) is 22.6 Å². The lowest BCUT2D eigenvalue weighted by Gasteiger charge is -2.20. The van der Waals surface area contributed by atoms with Crippen molar-refractivity contribution in [3.63, 3.8) is 0 Å². The summed E-state index contributed by atoms with van der Waals surface area (Å²) in [6.07, 6.45) is 0. The molecular weight excluding hydrogens is 262 g/mol. The highest BCUT2D eigenvalue weighted by atomic mass is 16.1. The van der Waals surface area contributed by atoms with Crippen molar-refractivity contribution in [2.75, 3.05) is 5.32 Å². The topological polar surface area (TPSA) is 68.0 Å². The molecule has 1 aromatic carbocycles. The number of aromatic nitrogens is 1. The number of nitrogens with two attached hydrogens (primary N) is 1. The summed E-state index contributed by atoms with van der Waals surface area (Å²) in [7, 11) is 0. The largest absolute Gasteiger partial charge is 0.378 e. The first-order valence-electron chi connectivity index (χ1n) is 6.99. The van der Waals surface area contributed by atoms with E-state index in [1.807, 2.05) is 26.0 Å². The standard InChI is InChI=1S/C17H21N3O/c1-10-9-11(2)19-12(3)16(10)13(4)20-15-7-5-14(6-8-15)17(18)21/h5-9,13,20H,1-4H3,(H2,18,21). The Hall–Kier alpha value is -2.36. The molecule has 110 valence electrons. The summed E-state index contributed by atoms with van der Waals surface area (Å²) in [5.41, 5.74) is 11.2. The third-order valence-corrected chi connectivity index (χ3v) is 3.57. The number of benzene rings is 1. The minimum atomic E-state index is -0.413. The summed E-state index contributed by atoms with van der Waals surface area (Å²) < 4.78 is 0. The molecule has 2 aromatic rings. The predicted molar refractivity (Wildman–Crippen MR) is 85.4 cm³/mol. The molecule has 0 spiro atoms. The summed E-state index contributed by atoms with van der Waals surface area (Å²) in [5.74, 6) is -0.413. The van der Waals surface area contributed by atoms with Crippen molar-refractivity contribution in [2.45, 2.75) is 33.7 Å². The van der Waals surface area contributed by atoms with E-state index in [2.05, 4.69) is 30.2 Å². The monoisotopic (exact) mass is 283 g/mol. The molecule has 3 N–H and O–H groups in total. The van der Waals surface area contributed by atoms with Crippen molar-refractivity contribution in [2.24, 2.45) is 5.73 Å². The van der Waals surface area contributed by atoms with Gasteiger partial charge in [-0.3, -0.25) is 9.78 Å². The molecule has 0 bridgehead atoms. The fraction of sp³-hybridized carbons (Fsp3) is 0.294. The molecule has 1 unspecified atom stereocenters. The molecule has 0 saturated heterocycles. The number of anilines is 1. The van der Waals surface area contributed by atoms with Crippen molar-refractivity contribution in [3.8, 4) is 0 Å². The fourth-order valence-corrected chi connectivity index (χ4v) is 2.74. The molecule has 2 rings (SSSR count). The highest BCUT2D eigenvalue weighted by molar-refractivity contribution is 5.93. The number of amides is 1. The number of pyridine rings is 1. The number of nitrogens with zero attached hydrogens (tertiary/aromatic N) is 1. The van der Waals surface area contributed by atoms with Crippen LogP contribution in [-0.4, -0.2) is 10.9 Å². The van der Waals surface area contributed by atoms with Gasteiger partial charge in [0.2, 0.25) is 5.91 Å². The van der Waals surface area contributed by atoms with E-state index in [0.29, 0.717) is 5.56 Å². The van der Waals surface area contributed by atoms with E-state index in [1.165, 1.54) is 11.1 Å². The van der Waals surface area contributed by atoms with Gasteiger partial charge in [0.05, 0.1) is 6.04 Å². The van der Waals surface area contributed by atoms with Gasteiger partial charge < -0.3 is 11.1 Å². The Morgan fingerprint density at radius 2 is 1.81 bits per heavy atom. The van der Waals surface area contributed by atoms with Crippen LogP contribution in [0.25, 0.3) is 0 Å². The van der Waals surface area contributed by atoms with Gasteiger partial charge in [0.15, 0.2) is 0 Å². The number of nitrogens with one attached hydrogen (secondary N) is 1. The third-order valence-electron chi connectivity index (χ3n) is 3.57. The lowest BCUT2D eigenvalue weighted by atomic mass is 10.00. The molecule has 1 heterocycles. The van der Waals surface area contributed by atoms with Gasteiger partial charge in [-0.15, -0.1) is 0 Å². The SMILES string of the molecule is Cc1cc(C)c(C(C)Nc2ccc(C(N)=O)cc2)c(C)n1. The summed E-state index contributed by atoms with van der Waals surface area (Å²) in [6.45, 7) is 8.24.